The van der Waals surface area contributed by atoms with Gasteiger partial charge in [-0.3, -0.25) is 0 Å². The monoisotopic (exact) mass is 313 g/mol. The standard InChI is InChI=1S/C14H20BrNO2/c1-10-6-12(15)7-11(8-16-2)14(10)18-13-4-3-5-17-9-13/h6-7,13,16H,3-5,8-9H2,1-2H3. The highest BCUT2D eigenvalue weighted by atomic mass is 79.9. The maximum atomic E-state index is 6.14. The van der Waals surface area contributed by atoms with E-state index < -0.39 is 0 Å². The first-order valence-corrected chi connectivity index (χ1v) is 7.18. The van der Waals surface area contributed by atoms with E-state index in [1.165, 1.54) is 11.1 Å². The predicted molar refractivity (Wildman–Crippen MR) is 76.1 cm³/mol. The Hall–Kier alpha value is -0.580. The van der Waals surface area contributed by atoms with Crippen molar-refractivity contribution in [2.75, 3.05) is 20.3 Å². The summed E-state index contributed by atoms with van der Waals surface area (Å²) in [4.78, 5) is 0. The lowest BCUT2D eigenvalue weighted by Gasteiger charge is -2.25. The van der Waals surface area contributed by atoms with Gasteiger partial charge in [-0.15, -0.1) is 0 Å². The summed E-state index contributed by atoms with van der Waals surface area (Å²) in [6.45, 7) is 4.46. The third-order valence-corrected chi connectivity index (χ3v) is 3.54. The number of aryl methyl sites for hydroxylation is 1. The first-order chi connectivity index (χ1) is 8.70. The molecule has 1 aliphatic rings. The van der Waals surface area contributed by atoms with Crippen LogP contribution in [0.15, 0.2) is 16.6 Å². The minimum absolute atomic E-state index is 0.189. The first-order valence-electron chi connectivity index (χ1n) is 6.38. The van der Waals surface area contributed by atoms with Gasteiger partial charge in [0.1, 0.15) is 11.9 Å². The summed E-state index contributed by atoms with van der Waals surface area (Å²) in [5, 5.41) is 3.18. The van der Waals surface area contributed by atoms with Crippen molar-refractivity contribution in [3.8, 4) is 5.75 Å². The van der Waals surface area contributed by atoms with Crippen molar-refractivity contribution in [2.24, 2.45) is 0 Å². The molecule has 1 aromatic carbocycles. The predicted octanol–water partition coefficient (Wildman–Crippen LogP) is 3.03. The molecule has 1 atom stereocenters. The van der Waals surface area contributed by atoms with Gasteiger partial charge < -0.3 is 14.8 Å². The number of rotatable bonds is 4. The molecular weight excluding hydrogens is 294 g/mol. The van der Waals surface area contributed by atoms with E-state index in [9.17, 15) is 0 Å². The van der Waals surface area contributed by atoms with E-state index in [4.69, 9.17) is 9.47 Å². The van der Waals surface area contributed by atoms with Crippen LogP contribution >= 0.6 is 15.9 Å². The zero-order chi connectivity index (χ0) is 13.0. The number of hydrogen-bond acceptors (Lipinski definition) is 3. The van der Waals surface area contributed by atoms with Crippen molar-refractivity contribution in [1.82, 2.24) is 5.32 Å². The van der Waals surface area contributed by atoms with Gasteiger partial charge in [-0.2, -0.15) is 0 Å². The fraction of sp³-hybridized carbons (Fsp3) is 0.571. The van der Waals surface area contributed by atoms with Crippen molar-refractivity contribution >= 4 is 15.9 Å². The number of ether oxygens (including phenoxy) is 2. The Balaban J connectivity index is 2.18. The molecule has 0 aromatic heterocycles. The highest BCUT2D eigenvalue weighted by Gasteiger charge is 2.18. The molecule has 0 aliphatic carbocycles. The zero-order valence-electron chi connectivity index (χ0n) is 11.0. The van der Waals surface area contributed by atoms with Gasteiger partial charge in [-0.1, -0.05) is 15.9 Å². The highest BCUT2D eigenvalue weighted by Crippen LogP contribution is 2.30. The summed E-state index contributed by atoms with van der Waals surface area (Å²) in [7, 11) is 1.95. The third-order valence-electron chi connectivity index (χ3n) is 3.09. The summed E-state index contributed by atoms with van der Waals surface area (Å²) in [5.74, 6) is 1.00. The van der Waals surface area contributed by atoms with Crippen molar-refractivity contribution in [3.63, 3.8) is 0 Å². The normalized spacial score (nSPS) is 19.8. The molecule has 0 amide bonds. The van der Waals surface area contributed by atoms with Crippen LogP contribution in [0.2, 0.25) is 0 Å². The van der Waals surface area contributed by atoms with E-state index in [0.717, 1.165) is 36.2 Å². The molecular formula is C14H20BrNO2. The van der Waals surface area contributed by atoms with Gasteiger partial charge in [-0.05, 0) is 44.5 Å². The van der Waals surface area contributed by atoms with Crippen molar-refractivity contribution in [2.45, 2.75) is 32.4 Å². The molecule has 0 bridgehead atoms. The SMILES string of the molecule is CNCc1cc(Br)cc(C)c1OC1CCCOC1. The van der Waals surface area contributed by atoms with Crippen LogP contribution in [0.25, 0.3) is 0 Å². The Labute approximate surface area is 117 Å². The molecule has 0 radical (unpaired) electrons. The summed E-state index contributed by atoms with van der Waals surface area (Å²) in [6, 6.07) is 4.21. The van der Waals surface area contributed by atoms with Gasteiger partial charge in [0.25, 0.3) is 0 Å². The number of halogens is 1. The molecule has 1 heterocycles. The molecule has 2 rings (SSSR count). The largest absolute Gasteiger partial charge is 0.487 e. The lowest BCUT2D eigenvalue weighted by Crippen LogP contribution is -2.28. The van der Waals surface area contributed by atoms with Gasteiger partial charge in [0, 0.05) is 23.2 Å². The van der Waals surface area contributed by atoms with Crippen LogP contribution in [0.1, 0.15) is 24.0 Å². The number of benzene rings is 1. The van der Waals surface area contributed by atoms with E-state index in [2.05, 4.69) is 40.3 Å². The Kier molecular flexibility index (Phi) is 5.03. The van der Waals surface area contributed by atoms with Crippen molar-refractivity contribution in [1.29, 1.82) is 0 Å². The van der Waals surface area contributed by atoms with Gasteiger partial charge >= 0.3 is 0 Å². The van der Waals surface area contributed by atoms with Crippen LogP contribution < -0.4 is 10.1 Å². The van der Waals surface area contributed by atoms with Crippen LogP contribution in [-0.2, 0) is 11.3 Å². The second kappa shape index (κ2) is 6.55. The highest BCUT2D eigenvalue weighted by molar-refractivity contribution is 9.10. The Morgan fingerprint density at radius 2 is 2.33 bits per heavy atom. The Morgan fingerprint density at radius 3 is 3.00 bits per heavy atom. The molecule has 4 heteroatoms. The van der Waals surface area contributed by atoms with Gasteiger partial charge in [0.05, 0.1) is 6.61 Å². The average Bonchev–Trinajstić information content (AvgIpc) is 2.35. The molecule has 1 N–H and O–H groups in total. The molecule has 100 valence electrons. The van der Waals surface area contributed by atoms with Crippen molar-refractivity contribution in [3.05, 3.63) is 27.7 Å². The maximum absolute atomic E-state index is 6.14. The van der Waals surface area contributed by atoms with Crippen LogP contribution in [0, 0.1) is 6.92 Å². The molecule has 1 unspecified atom stereocenters. The van der Waals surface area contributed by atoms with Crippen LogP contribution in [0.3, 0.4) is 0 Å². The lowest BCUT2D eigenvalue weighted by molar-refractivity contribution is 0.00673. The minimum atomic E-state index is 0.189. The van der Waals surface area contributed by atoms with Crippen LogP contribution in [0.4, 0.5) is 0 Å². The molecule has 1 fully saturated rings. The van der Waals surface area contributed by atoms with E-state index in [1.54, 1.807) is 0 Å². The third kappa shape index (κ3) is 3.46. The van der Waals surface area contributed by atoms with Gasteiger partial charge in [-0.25, -0.2) is 0 Å². The maximum Gasteiger partial charge on any atom is 0.127 e. The fourth-order valence-corrected chi connectivity index (χ4v) is 2.88. The second-order valence-electron chi connectivity index (χ2n) is 4.70. The van der Waals surface area contributed by atoms with E-state index in [0.29, 0.717) is 6.61 Å². The second-order valence-corrected chi connectivity index (χ2v) is 5.61. The summed E-state index contributed by atoms with van der Waals surface area (Å²) in [5.41, 5.74) is 2.36. The van der Waals surface area contributed by atoms with E-state index in [-0.39, 0.29) is 6.10 Å². The smallest absolute Gasteiger partial charge is 0.127 e. The summed E-state index contributed by atoms with van der Waals surface area (Å²) >= 11 is 3.53. The minimum Gasteiger partial charge on any atom is -0.487 e. The van der Waals surface area contributed by atoms with Gasteiger partial charge in [0.15, 0.2) is 0 Å². The topological polar surface area (TPSA) is 30.5 Å². The first kappa shape index (κ1) is 13.8. The van der Waals surface area contributed by atoms with Gasteiger partial charge in [0.2, 0.25) is 0 Å². The summed E-state index contributed by atoms with van der Waals surface area (Å²) in [6.07, 6.45) is 2.35. The lowest BCUT2D eigenvalue weighted by atomic mass is 10.1. The molecule has 0 saturated carbocycles. The average molecular weight is 314 g/mol. The molecule has 1 saturated heterocycles. The van der Waals surface area contributed by atoms with E-state index >= 15 is 0 Å². The molecule has 1 aromatic rings. The fourth-order valence-electron chi connectivity index (χ4n) is 2.26. The molecule has 0 spiro atoms. The Morgan fingerprint density at radius 1 is 1.50 bits per heavy atom. The van der Waals surface area contributed by atoms with Crippen LogP contribution in [0.5, 0.6) is 5.75 Å². The number of nitrogens with one attached hydrogen (secondary N) is 1. The molecule has 18 heavy (non-hydrogen) atoms. The van der Waals surface area contributed by atoms with E-state index in [1.807, 2.05) is 7.05 Å². The molecule has 3 nitrogen and oxygen atoms in total. The van der Waals surface area contributed by atoms with Crippen molar-refractivity contribution < 1.29 is 9.47 Å². The van der Waals surface area contributed by atoms with Crippen LogP contribution in [-0.4, -0.2) is 26.4 Å². The summed E-state index contributed by atoms with van der Waals surface area (Å²) < 4.78 is 12.7. The number of hydrogen-bond donors (Lipinski definition) is 1. The zero-order valence-corrected chi connectivity index (χ0v) is 12.5. The Bertz CT molecular complexity index is 403. The quantitative estimate of drug-likeness (QED) is 0.927. The molecule has 1 aliphatic heterocycles.